The van der Waals surface area contributed by atoms with Gasteiger partial charge in [0.25, 0.3) is 0 Å². The minimum atomic E-state index is -0.449. The Morgan fingerprint density at radius 2 is 2.08 bits per heavy atom. The van der Waals surface area contributed by atoms with Crippen molar-refractivity contribution in [2.24, 2.45) is 0 Å². The second-order valence-electron chi connectivity index (χ2n) is 5.81. The molecule has 26 heavy (non-hydrogen) atoms. The summed E-state index contributed by atoms with van der Waals surface area (Å²) in [6.45, 7) is 4.25. The molecule has 1 aromatic carbocycles. The van der Waals surface area contributed by atoms with Crippen LogP contribution < -0.4 is 0 Å². The van der Waals surface area contributed by atoms with Crippen molar-refractivity contribution in [1.82, 2.24) is 9.78 Å². The minimum absolute atomic E-state index is 0.00319. The van der Waals surface area contributed by atoms with Gasteiger partial charge in [-0.25, -0.2) is 0 Å². The minimum Gasteiger partial charge on any atom is -0.461 e. The predicted molar refractivity (Wildman–Crippen MR) is 98.9 cm³/mol. The average molecular weight is 366 g/mol. The molecule has 0 saturated heterocycles. The molecule has 0 amide bonds. The number of hydrogen-bond acceptors (Lipinski definition) is 4. The van der Waals surface area contributed by atoms with E-state index in [0.29, 0.717) is 11.6 Å². The van der Waals surface area contributed by atoms with Gasteiger partial charge in [-0.05, 0) is 43.7 Å². The zero-order valence-electron chi connectivity index (χ0n) is 14.4. The highest BCUT2D eigenvalue weighted by atomic mass is 35.5. The lowest BCUT2D eigenvalue weighted by molar-refractivity contribution is 0.101. The Labute approximate surface area is 156 Å². The number of aromatic nitrogens is 2. The Morgan fingerprint density at radius 1 is 1.31 bits per heavy atom. The summed E-state index contributed by atoms with van der Waals surface area (Å²) < 4.78 is 6.91. The molecule has 0 radical (unpaired) electrons. The summed E-state index contributed by atoms with van der Waals surface area (Å²) in [5.41, 5.74) is 3.27. The van der Waals surface area contributed by atoms with Crippen molar-refractivity contribution in [1.29, 1.82) is 5.26 Å². The molecule has 6 heteroatoms. The van der Waals surface area contributed by atoms with Gasteiger partial charge in [-0.2, -0.15) is 10.4 Å². The normalized spacial score (nSPS) is 11.4. The van der Waals surface area contributed by atoms with Gasteiger partial charge < -0.3 is 4.42 Å². The summed E-state index contributed by atoms with van der Waals surface area (Å²) in [5, 5.41) is 14.6. The largest absolute Gasteiger partial charge is 0.461 e. The molecule has 0 fully saturated rings. The molecule has 3 aromatic rings. The van der Waals surface area contributed by atoms with E-state index in [0.717, 1.165) is 22.5 Å². The third-order valence-electron chi connectivity index (χ3n) is 4.11. The van der Waals surface area contributed by atoms with Crippen LogP contribution in [0.5, 0.6) is 0 Å². The van der Waals surface area contributed by atoms with Crippen molar-refractivity contribution >= 4 is 23.5 Å². The topological polar surface area (TPSA) is 71.8 Å². The molecule has 0 unspecified atom stereocenters. The van der Waals surface area contributed by atoms with E-state index >= 15 is 0 Å². The molecule has 0 spiro atoms. The van der Waals surface area contributed by atoms with Gasteiger partial charge in [-0.3, -0.25) is 9.48 Å². The van der Waals surface area contributed by atoms with Crippen LogP contribution in [0.2, 0.25) is 5.02 Å². The Morgan fingerprint density at radius 3 is 2.73 bits per heavy atom. The van der Waals surface area contributed by atoms with E-state index in [-0.39, 0.29) is 11.3 Å². The second kappa shape index (κ2) is 7.42. The quantitative estimate of drug-likeness (QED) is 0.377. The van der Waals surface area contributed by atoms with Gasteiger partial charge in [0.2, 0.25) is 5.78 Å². The number of nitrogens with zero attached hydrogens (tertiary/aromatic N) is 3. The van der Waals surface area contributed by atoms with Crippen molar-refractivity contribution < 1.29 is 9.21 Å². The summed E-state index contributed by atoms with van der Waals surface area (Å²) in [6.07, 6.45) is 2.96. The van der Waals surface area contributed by atoms with Crippen LogP contribution in [0.15, 0.2) is 52.7 Å². The first-order chi connectivity index (χ1) is 12.5. The lowest BCUT2D eigenvalue weighted by Gasteiger charge is -2.06. The van der Waals surface area contributed by atoms with E-state index in [2.05, 4.69) is 5.10 Å². The number of aryl methyl sites for hydroxylation is 1. The lowest BCUT2D eigenvalue weighted by atomic mass is 10.1. The Bertz CT molecular complexity index is 1020. The summed E-state index contributed by atoms with van der Waals surface area (Å²) >= 11 is 6.23. The molecule has 2 aromatic heterocycles. The van der Waals surface area contributed by atoms with Gasteiger partial charge in [0.05, 0.1) is 18.5 Å². The third-order valence-corrected chi connectivity index (χ3v) is 4.48. The molecular formula is C20H16ClN3O2. The van der Waals surface area contributed by atoms with E-state index in [9.17, 15) is 10.1 Å². The maximum absolute atomic E-state index is 12.4. The number of furan rings is 1. The van der Waals surface area contributed by atoms with Crippen LogP contribution >= 0.6 is 11.6 Å². The number of ketones is 1. The van der Waals surface area contributed by atoms with Gasteiger partial charge in [-0.15, -0.1) is 0 Å². The van der Waals surface area contributed by atoms with E-state index in [4.69, 9.17) is 16.0 Å². The molecule has 0 aliphatic carbocycles. The van der Waals surface area contributed by atoms with E-state index in [1.165, 1.54) is 12.3 Å². The second-order valence-corrected chi connectivity index (χ2v) is 6.22. The van der Waals surface area contributed by atoms with Gasteiger partial charge in [-0.1, -0.05) is 29.8 Å². The standard InChI is InChI=1S/C20H16ClN3O2/c1-13-17(10-16(11-22)20(25)19-8-5-9-26-19)14(2)24(23-13)12-15-6-3-4-7-18(15)21/h3-10H,12H2,1-2H3/b16-10+. The average Bonchev–Trinajstić information content (AvgIpc) is 3.25. The van der Waals surface area contributed by atoms with Crippen molar-refractivity contribution in [3.63, 3.8) is 0 Å². The summed E-state index contributed by atoms with van der Waals surface area (Å²) in [5.74, 6) is -0.313. The van der Waals surface area contributed by atoms with Crippen molar-refractivity contribution in [2.45, 2.75) is 20.4 Å². The molecule has 130 valence electrons. The van der Waals surface area contributed by atoms with Crippen molar-refractivity contribution in [2.75, 3.05) is 0 Å². The number of nitriles is 1. The van der Waals surface area contributed by atoms with Gasteiger partial charge >= 0.3 is 0 Å². The number of hydrogen-bond donors (Lipinski definition) is 0. The molecule has 5 nitrogen and oxygen atoms in total. The highest BCUT2D eigenvalue weighted by Crippen LogP contribution is 2.22. The maximum atomic E-state index is 12.4. The number of Topliss-reactive ketones (excluding diaryl/α,β-unsaturated/α-hetero) is 1. The number of rotatable bonds is 5. The third kappa shape index (κ3) is 3.46. The molecule has 3 rings (SSSR count). The van der Waals surface area contributed by atoms with E-state index in [1.54, 1.807) is 12.1 Å². The molecule has 0 aliphatic heterocycles. The van der Waals surface area contributed by atoms with E-state index in [1.807, 2.05) is 48.9 Å². The summed E-state index contributed by atoms with van der Waals surface area (Å²) in [4.78, 5) is 12.4. The molecule has 0 N–H and O–H groups in total. The van der Waals surface area contributed by atoms with Crippen molar-refractivity contribution in [3.8, 4) is 6.07 Å². The van der Waals surface area contributed by atoms with Gasteiger partial charge in [0, 0.05) is 16.3 Å². The smallest absolute Gasteiger partial charge is 0.238 e. The van der Waals surface area contributed by atoms with Crippen LogP contribution in [0.4, 0.5) is 0 Å². The number of carbonyl (C=O) groups excluding carboxylic acids is 1. The SMILES string of the molecule is Cc1nn(Cc2ccccc2Cl)c(C)c1/C=C(\C#N)C(=O)c1ccco1. The molecule has 0 bridgehead atoms. The summed E-state index contributed by atoms with van der Waals surface area (Å²) in [6, 6.07) is 12.7. The number of carbonyl (C=O) groups is 1. The van der Waals surface area contributed by atoms with Crippen LogP contribution in [0.3, 0.4) is 0 Å². The predicted octanol–water partition coefficient (Wildman–Crippen LogP) is 4.58. The highest BCUT2D eigenvalue weighted by Gasteiger charge is 2.18. The number of allylic oxidation sites excluding steroid dienone is 1. The zero-order chi connectivity index (χ0) is 18.7. The monoisotopic (exact) mass is 365 g/mol. The highest BCUT2D eigenvalue weighted by molar-refractivity contribution is 6.31. The first kappa shape index (κ1) is 17.7. The van der Waals surface area contributed by atoms with Crippen LogP contribution in [-0.2, 0) is 6.54 Å². The molecular weight excluding hydrogens is 350 g/mol. The van der Waals surface area contributed by atoms with Crippen molar-refractivity contribution in [3.05, 3.63) is 81.5 Å². The van der Waals surface area contributed by atoms with Crippen LogP contribution in [0, 0.1) is 25.2 Å². The first-order valence-electron chi connectivity index (χ1n) is 7.98. The van der Waals surface area contributed by atoms with Gasteiger partial charge in [0.1, 0.15) is 11.6 Å². The van der Waals surface area contributed by atoms with Crippen LogP contribution in [-0.4, -0.2) is 15.6 Å². The Hall–Kier alpha value is -3.10. The lowest BCUT2D eigenvalue weighted by Crippen LogP contribution is -2.04. The molecule has 2 heterocycles. The summed E-state index contributed by atoms with van der Waals surface area (Å²) in [7, 11) is 0. The van der Waals surface area contributed by atoms with Gasteiger partial charge in [0.15, 0.2) is 5.76 Å². The van der Waals surface area contributed by atoms with E-state index < -0.39 is 5.78 Å². The molecule has 0 aliphatic rings. The first-order valence-corrected chi connectivity index (χ1v) is 8.36. The van der Waals surface area contributed by atoms with Crippen LogP contribution in [0.1, 0.15) is 33.1 Å². The maximum Gasteiger partial charge on any atom is 0.238 e. The Kier molecular flexibility index (Phi) is 5.06. The molecule has 0 atom stereocenters. The fraction of sp³-hybridized carbons (Fsp3) is 0.150. The fourth-order valence-corrected chi connectivity index (χ4v) is 2.89. The Balaban J connectivity index is 1.96. The van der Waals surface area contributed by atoms with Crippen LogP contribution in [0.25, 0.3) is 6.08 Å². The molecule has 0 saturated carbocycles. The zero-order valence-corrected chi connectivity index (χ0v) is 15.1. The number of benzene rings is 1. The fourth-order valence-electron chi connectivity index (χ4n) is 2.70. The number of halogens is 1.